The van der Waals surface area contributed by atoms with Gasteiger partial charge >= 0.3 is 6.36 Å². The fourth-order valence-electron chi connectivity index (χ4n) is 2.36. The molecule has 0 atom stereocenters. The molecule has 0 N–H and O–H groups in total. The number of hydrogen-bond acceptors (Lipinski definition) is 4. The Balaban J connectivity index is 1.87. The monoisotopic (exact) mass is 413 g/mol. The predicted octanol–water partition coefficient (Wildman–Crippen LogP) is 6.68. The number of benzene rings is 3. The number of ether oxygens (including phenoxy) is 3. The Labute approximate surface area is 171 Å². The normalized spacial score (nSPS) is 12.4. The Bertz CT molecular complexity index is 1020. The second-order valence-electron chi connectivity index (χ2n) is 6.11. The molecule has 0 heterocycles. The minimum Gasteiger partial charge on any atom is -0.465 e. The number of aliphatic imine (C=N–C) groups is 1. The van der Waals surface area contributed by atoms with E-state index in [1.54, 1.807) is 31.2 Å². The number of para-hydroxylation sites is 2. The van der Waals surface area contributed by atoms with E-state index in [1.165, 1.54) is 24.5 Å². The van der Waals surface area contributed by atoms with Crippen molar-refractivity contribution in [3.8, 4) is 17.2 Å². The van der Waals surface area contributed by atoms with Gasteiger partial charge in [0.1, 0.15) is 17.2 Å². The largest absolute Gasteiger partial charge is 0.573 e. The van der Waals surface area contributed by atoms with Crippen LogP contribution in [0.1, 0.15) is 6.92 Å². The van der Waals surface area contributed by atoms with E-state index in [0.29, 0.717) is 17.0 Å². The molecule has 0 aliphatic carbocycles. The van der Waals surface area contributed by atoms with Gasteiger partial charge < -0.3 is 14.2 Å². The Morgan fingerprint density at radius 1 is 0.800 bits per heavy atom. The predicted molar refractivity (Wildman–Crippen MR) is 108 cm³/mol. The van der Waals surface area contributed by atoms with Gasteiger partial charge in [0.05, 0.1) is 11.9 Å². The topological polar surface area (TPSA) is 40.0 Å². The van der Waals surface area contributed by atoms with E-state index in [-0.39, 0.29) is 17.4 Å². The summed E-state index contributed by atoms with van der Waals surface area (Å²) in [7, 11) is 0. The van der Waals surface area contributed by atoms with Gasteiger partial charge in [-0.15, -0.1) is 13.2 Å². The molecule has 0 saturated carbocycles. The summed E-state index contributed by atoms with van der Waals surface area (Å²) in [6.45, 7) is 1.72. The lowest BCUT2D eigenvalue weighted by molar-refractivity contribution is -0.274. The average Bonchev–Trinajstić information content (AvgIpc) is 2.72. The van der Waals surface area contributed by atoms with E-state index in [0.717, 1.165) is 6.07 Å². The summed E-state index contributed by atoms with van der Waals surface area (Å²) in [5.41, 5.74) is 1.15. The van der Waals surface area contributed by atoms with Crippen LogP contribution in [0.5, 0.6) is 17.2 Å². The highest BCUT2D eigenvalue weighted by Crippen LogP contribution is 2.27. The SMILES string of the molecule is CC(=C\Oc1ccccc1)/C(=N\c1ccccc1)Oc1cccc(OC(F)(F)F)c1. The molecule has 0 spiro atoms. The molecule has 0 aromatic heterocycles. The minimum absolute atomic E-state index is 0.138. The van der Waals surface area contributed by atoms with Crippen molar-refractivity contribution in [3.05, 3.63) is 96.8 Å². The van der Waals surface area contributed by atoms with Crippen LogP contribution in [0, 0.1) is 0 Å². The molecular formula is C23H18F3NO3. The molecule has 154 valence electrons. The van der Waals surface area contributed by atoms with Gasteiger partial charge in [-0.2, -0.15) is 0 Å². The summed E-state index contributed by atoms with van der Waals surface area (Å²) in [4.78, 5) is 4.45. The fraction of sp³-hybridized carbons (Fsp3) is 0.0870. The highest BCUT2D eigenvalue weighted by Gasteiger charge is 2.31. The van der Waals surface area contributed by atoms with Crippen LogP contribution >= 0.6 is 0 Å². The first-order valence-electron chi connectivity index (χ1n) is 8.95. The Morgan fingerprint density at radius 3 is 2.07 bits per heavy atom. The first-order valence-corrected chi connectivity index (χ1v) is 8.95. The highest BCUT2D eigenvalue weighted by atomic mass is 19.4. The first kappa shape index (κ1) is 21.0. The van der Waals surface area contributed by atoms with Crippen LogP contribution in [0.2, 0.25) is 0 Å². The molecule has 0 amide bonds. The number of hydrogen-bond donors (Lipinski definition) is 0. The Morgan fingerprint density at radius 2 is 1.40 bits per heavy atom. The van der Waals surface area contributed by atoms with Crippen LogP contribution in [0.3, 0.4) is 0 Å². The van der Waals surface area contributed by atoms with Crippen molar-refractivity contribution in [3.63, 3.8) is 0 Å². The number of halogens is 3. The molecule has 0 saturated heterocycles. The van der Waals surface area contributed by atoms with Gasteiger partial charge in [0.2, 0.25) is 5.90 Å². The van der Waals surface area contributed by atoms with Gasteiger partial charge in [-0.05, 0) is 43.3 Å². The zero-order valence-electron chi connectivity index (χ0n) is 16.0. The zero-order chi connectivity index (χ0) is 21.4. The van der Waals surface area contributed by atoms with Crippen LogP contribution in [0.15, 0.2) is 102 Å². The van der Waals surface area contributed by atoms with Crippen molar-refractivity contribution in [2.45, 2.75) is 13.3 Å². The molecule has 0 unspecified atom stereocenters. The Kier molecular flexibility index (Phi) is 6.75. The van der Waals surface area contributed by atoms with Gasteiger partial charge in [-0.3, -0.25) is 0 Å². The molecule has 3 aromatic rings. The van der Waals surface area contributed by atoms with Crippen molar-refractivity contribution in [2.24, 2.45) is 4.99 Å². The molecule has 4 nitrogen and oxygen atoms in total. The lowest BCUT2D eigenvalue weighted by Gasteiger charge is -2.12. The quantitative estimate of drug-likeness (QED) is 0.257. The fourth-order valence-corrected chi connectivity index (χ4v) is 2.36. The van der Waals surface area contributed by atoms with Gasteiger partial charge in [-0.1, -0.05) is 42.5 Å². The van der Waals surface area contributed by atoms with Crippen LogP contribution in [-0.4, -0.2) is 12.3 Å². The van der Waals surface area contributed by atoms with Crippen LogP contribution in [-0.2, 0) is 0 Å². The lowest BCUT2D eigenvalue weighted by atomic mass is 10.3. The summed E-state index contributed by atoms with van der Waals surface area (Å²) < 4.78 is 52.8. The summed E-state index contributed by atoms with van der Waals surface area (Å²) >= 11 is 0. The molecule has 30 heavy (non-hydrogen) atoms. The maximum atomic E-state index is 12.5. The molecule has 3 aromatic carbocycles. The standard InChI is InChI=1S/C23H18F3NO3/c1-17(16-28-19-11-6-3-7-12-19)22(27-18-9-4-2-5-10-18)29-20-13-8-14-21(15-20)30-23(24,25)26/h2-16H,1H3/b17-16+,27-22+. The third-order valence-electron chi connectivity index (χ3n) is 3.69. The van der Waals surface area contributed by atoms with Crippen LogP contribution in [0.25, 0.3) is 0 Å². The van der Waals surface area contributed by atoms with E-state index in [4.69, 9.17) is 9.47 Å². The van der Waals surface area contributed by atoms with Gasteiger partial charge in [0, 0.05) is 11.6 Å². The van der Waals surface area contributed by atoms with Gasteiger partial charge in [-0.25, -0.2) is 4.99 Å². The number of rotatable bonds is 6. The molecule has 3 rings (SSSR count). The molecular weight excluding hydrogens is 395 g/mol. The Hall–Kier alpha value is -3.74. The number of alkyl halides is 3. The van der Waals surface area contributed by atoms with Crippen LogP contribution in [0.4, 0.5) is 18.9 Å². The van der Waals surface area contributed by atoms with Crippen LogP contribution < -0.4 is 14.2 Å². The summed E-state index contributed by atoms with van der Waals surface area (Å²) in [5.74, 6) is 0.540. The van der Waals surface area contributed by atoms with Gasteiger partial charge in [0.15, 0.2) is 0 Å². The van der Waals surface area contributed by atoms with E-state index in [9.17, 15) is 13.2 Å². The average molecular weight is 413 g/mol. The second kappa shape index (κ2) is 9.65. The first-order chi connectivity index (χ1) is 14.4. The third-order valence-corrected chi connectivity index (χ3v) is 3.69. The molecule has 7 heteroatoms. The molecule has 0 bridgehead atoms. The smallest absolute Gasteiger partial charge is 0.465 e. The summed E-state index contributed by atoms with van der Waals surface area (Å²) in [6, 6.07) is 23.4. The van der Waals surface area contributed by atoms with Crippen molar-refractivity contribution >= 4 is 11.6 Å². The van der Waals surface area contributed by atoms with E-state index >= 15 is 0 Å². The lowest BCUT2D eigenvalue weighted by Crippen LogP contribution is -2.17. The molecule has 0 aliphatic rings. The maximum absolute atomic E-state index is 12.5. The zero-order valence-corrected chi connectivity index (χ0v) is 16.0. The van der Waals surface area contributed by atoms with Crippen molar-refractivity contribution in [1.29, 1.82) is 0 Å². The van der Waals surface area contributed by atoms with E-state index in [2.05, 4.69) is 9.73 Å². The van der Waals surface area contributed by atoms with Crippen molar-refractivity contribution in [1.82, 2.24) is 0 Å². The number of nitrogens with zero attached hydrogens (tertiary/aromatic N) is 1. The highest BCUT2D eigenvalue weighted by molar-refractivity contribution is 5.96. The van der Waals surface area contributed by atoms with Crippen molar-refractivity contribution in [2.75, 3.05) is 0 Å². The maximum Gasteiger partial charge on any atom is 0.573 e. The van der Waals surface area contributed by atoms with Gasteiger partial charge in [0.25, 0.3) is 0 Å². The molecule has 0 aliphatic heterocycles. The second-order valence-corrected chi connectivity index (χ2v) is 6.11. The summed E-state index contributed by atoms with van der Waals surface area (Å²) in [5, 5.41) is 0. The minimum atomic E-state index is -4.79. The molecule has 0 fully saturated rings. The van der Waals surface area contributed by atoms with E-state index in [1.807, 2.05) is 36.4 Å². The third kappa shape index (κ3) is 6.70. The van der Waals surface area contributed by atoms with E-state index < -0.39 is 6.36 Å². The van der Waals surface area contributed by atoms with Crippen molar-refractivity contribution < 1.29 is 27.4 Å². The summed E-state index contributed by atoms with van der Waals surface area (Å²) in [6.07, 6.45) is -3.33. The molecule has 0 radical (unpaired) electrons.